The molecule has 25 heavy (non-hydrogen) atoms. The summed E-state index contributed by atoms with van der Waals surface area (Å²) in [5.41, 5.74) is 2.24. The molecule has 134 valence electrons. The highest BCUT2D eigenvalue weighted by Gasteiger charge is 2.26. The van der Waals surface area contributed by atoms with Gasteiger partial charge in [-0.25, -0.2) is 4.79 Å². The molecule has 1 fully saturated rings. The first-order chi connectivity index (χ1) is 12.2. The number of rotatable bonds is 6. The fraction of sp³-hybridized carbons (Fsp3) is 0.444. The van der Waals surface area contributed by atoms with Gasteiger partial charge in [-0.15, -0.1) is 11.3 Å². The zero-order valence-electron chi connectivity index (χ0n) is 14.0. The number of aromatic amines is 1. The molecule has 0 atom stereocenters. The fourth-order valence-electron chi connectivity index (χ4n) is 3.04. The predicted octanol–water partition coefficient (Wildman–Crippen LogP) is 4.41. The van der Waals surface area contributed by atoms with E-state index >= 15 is 0 Å². The third-order valence-electron chi connectivity index (χ3n) is 4.42. The van der Waals surface area contributed by atoms with Crippen LogP contribution in [0.5, 0.6) is 0 Å². The van der Waals surface area contributed by atoms with E-state index in [1.807, 2.05) is 6.07 Å². The van der Waals surface area contributed by atoms with E-state index in [9.17, 15) is 4.79 Å². The standard InChI is InChI=1S/C18H22ClN3O2S/c1-2-11-24-18(23)22-9-7-13(8-10-22)16-12-14(20-21-16)3-4-15-5-6-17(19)25-15/h2,5-6,12-13H,1,3-4,7-11H2,(H,20,21). The highest BCUT2D eigenvalue weighted by atomic mass is 35.5. The number of hydrogen-bond donors (Lipinski definition) is 1. The van der Waals surface area contributed by atoms with Gasteiger partial charge in [0.2, 0.25) is 0 Å². The summed E-state index contributed by atoms with van der Waals surface area (Å²) in [6.45, 7) is 5.22. The lowest BCUT2D eigenvalue weighted by Gasteiger charge is -2.30. The number of carbonyl (C=O) groups is 1. The van der Waals surface area contributed by atoms with Crippen molar-refractivity contribution in [2.45, 2.75) is 31.6 Å². The number of H-pyrrole nitrogens is 1. The van der Waals surface area contributed by atoms with Crippen LogP contribution in [-0.4, -0.2) is 40.9 Å². The predicted molar refractivity (Wildman–Crippen MR) is 100 cm³/mol. The first kappa shape index (κ1) is 18.0. The molecule has 7 heteroatoms. The minimum Gasteiger partial charge on any atom is -0.445 e. The first-order valence-electron chi connectivity index (χ1n) is 8.46. The first-order valence-corrected chi connectivity index (χ1v) is 9.66. The lowest BCUT2D eigenvalue weighted by atomic mass is 9.93. The molecule has 3 rings (SSSR count). The Morgan fingerprint density at radius 2 is 2.24 bits per heavy atom. The molecule has 0 radical (unpaired) electrons. The van der Waals surface area contributed by atoms with Gasteiger partial charge in [-0.05, 0) is 43.9 Å². The summed E-state index contributed by atoms with van der Waals surface area (Å²) in [6, 6.07) is 6.17. The van der Waals surface area contributed by atoms with E-state index in [1.165, 1.54) is 4.88 Å². The largest absolute Gasteiger partial charge is 0.445 e. The van der Waals surface area contributed by atoms with Crippen LogP contribution in [0.3, 0.4) is 0 Å². The number of nitrogens with zero attached hydrogens (tertiary/aromatic N) is 2. The van der Waals surface area contributed by atoms with Crippen LogP contribution in [0.15, 0.2) is 30.9 Å². The van der Waals surface area contributed by atoms with E-state index in [2.05, 4.69) is 28.9 Å². The molecule has 5 nitrogen and oxygen atoms in total. The maximum atomic E-state index is 11.9. The fourth-order valence-corrected chi connectivity index (χ4v) is 4.13. The molecular formula is C18H22ClN3O2S. The quantitative estimate of drug-likeness (QED) is 0.756. The topological polar surface area (TPSA) is 58.2 Å². The van der Waals surface area contributed by atoms with E-state index < -0.39 is 0 Å². The van der Waals surface area contributed by atoms with Crippen molar-refractivity contribution in [3.63, 3.8) is 0 Å². The van der Waals surface area contributed by atoms with Gasteiger partial charge in [0, 0.05) is 29.6 Å². The maximum Gasteiger partial charge on any atom is 0.410 e. The summed E-state index contributed by atoms with van der Waals surface area (Å²) in [5, 5.41) is 7.63. The molecule has 0 unspecified atom stereocenters. The van der Waals surface area contributed by atoms with E-state index in [-0.39, 0.29) is 12.7 Å². The Balaban J connectivity index is 1.48. The van der Waals surface area contributed by atoms with Crippen molar-refractivity contribution in [1.29, 1.82) is 0 Å². The van der Waals surface area contributed by atoms with Gasteiger partial charge >= 0.3 is 6.09 Å². The molecule has 0 aliphatic carbocycles. The lowest BCUT2D eigenvalue weighted by molar-refractivity contribution is 0.102. The molecule has 3 heterocycles. The second-order valence-corrected chi connectivity index (χ2v) is 7.95. The summed E-state index contributed by atoms with van der Waals surface area (Å²) >= 11 is 7.59. The number of likely N-dealkylation sites (tertiary alicyclic amines) is 1. The third-order valence-corrected chi connectivity index (χ3v) is 5.71. The van der Waals surface area contributed by atoms with Gasteiger partial charge in [-0.2, -0.15) is 5.10 Å². The Kier molecular flexibility index (Phi) is 6.15. The van der Waals surface area contributed by atoms with Gasteiger partial charge in [0.25, 0.3) is 0 Å². The number of nitrogens with one attached hydrogen (secondary N) is 1. The summed E-state index contributed by atoms with van der Waals surface area (Å²) in [7, 11) is 0. The number of aromatic nitrogens is 2. The van der Waals surface area contributed by atoms with Crippen LogP contribution in [0.25, 0.3) is 0 Å². The number of amides is 1. The Bertz CT molecular complexity index is 719. The average Bonchev–Trinajstić information content (AvgIpc) is 3.27. The van der Waals surface area contributed by atoms with Gasteiger partial charge in [0.1, 0.15) is 6.61 Å². The SMILES string of the molecule is C=CCOC(=O)N1CCC(c2cc(CCc3ccc(Cl)s3)[nH]n2)CC1. The zero-order chi connectivity index (χ0) is 17.6. The van der Waals surface area contributed by atoms with Gasteiger partial charge in [0.15, 0.2) is 0 Å². The Morgan fingerprint density at radius 1 is 1.44 bits per heavy atom. The van der Waals surface area contributed by atoms with Crippen LogP contribution in [0.2, 0.25) is 4.34 Å². The number of piperidine rings is 1. The van der Waals surface area contributed by atoms with Crippen molar-refractivity contribution in [2.75, 3.05) is 19.7 Å². The molecule has 2 aromatic rings. The van der Waals surface area contributed by atoms with Crippen LogP contribution in [0.4, 0.5) is 4.79 Å². The zero-order valence-corrected chi connectivity index (χ0v) is 15.6. The molecule has 1 aliphatic heterocycles. The number of thiophene rings is 1. The summed E-state index contributed by atoms with van der Waals surface area (Å²) in [6.07, 6.45) is 5.04. The van der Waals surface area contributed by atoms with Crippen molar-refractivity contribution in [2.24, 2.45) is 0 Å². The van der Waals surface area contributed by atoms with Crippen molar-refractivity contribution in [3.8, 4) is 0 Å². The summed E-state index contributed by atoms with van der Waals surface area (Å²) in [5.74, 6) is 0.393. The molecule has 0 aromatic carbocycles. The van der Waals surface area contributed by atoms with Crippen molar-refractivity contribution < 1.29 is 9.53 Å². The average molecular weight is 380 g/mol. The number of aryl methyl sites for hydroxylation is 2. The minimum absolute atomic E-state index is 0.254. The monoisotopic (exact) mass is 379 g/mol. The molecular weight excluding hydrogens is 358 g/mol. The van der Waals surface area contributed by atoms with Crippen molar-refractivity contribution in [1.82, 2.24) is 15.1 Å². The number of hydrogen-bond acceptors (Lipinski definition) is 4. The molecule has 0 bridgehead atoms. The van der Waals surface area contributed by atoms with Gasteiger partial charge in [-0.1, -0.05) is 24.3 Å². The second-order valence-electron chi connectivity index (χ2n) is 6.15. The van der Waals surface area contributed by atoms with Crippen LogP contribution in [-0.2, 0) is 17.6 Å². The van der Waals surface area contributed by atoms with E-state index in [0.717, 1.165) is 41.4 Å². The summed E-state index contributed by atoms with van der Waals surface area (Å²) < 4.78 is 5.92. The smallest absolute Gasteiger partial charge is 0.410 e. The Hall–Kier alpha value is -1.79. The number of ether oxygens (including phenoxy) is 1. The van der Waals surface area contributed by atoms with Gasteiger partial charge < -0.3 is 9.64 Å². The van der Waals surface area contributed by atoms with Crippen LogP contribution in [0, 0.1) is 0 Å². The lowest BCUT2D eigenvalue weighted by Crippen LogP contribution is -2.38. The minimum atomic E-state index is -0.254. The molecule has 1 N–H and O–H groups in total. The Labute approximate surface area is 156 Å². The molecule has 0 spiro atoms. The van der Waals surface area contributed by atoms with E-state index in [4.69, 9.17) is 16.3 Å². The second kappa shape index (κ2) is 8.54. The third kappa shape index (κ3) is 4.86. The molecule has 1 saturated heterocycles. The Morgan fingerprint density at radius 3 is 2.92 bits per heavy atom. The van der Waals surface area contributed by atoms with E-state index in [1.54, 1.807) is 22.3 Å². The summed E-state index contributed by atoms with van der Waals surface area (Å²) in [4.78, 5) is 14.9. The van der Waals surface area contributed by atoms with Crippen LogP contribution >= 0.6 is 22.9 Å². The highest BCUT2D eigenvalue weighted by molar-refractivity contribution is 7.16. The molecule has 1 aliphatic rings. The number of carbonyl (C=O) groups excluding carboxylic acids is 1. The molecule has 2 aromatic heterocycles. The van der Waals surface area contributed by atoms with Gasteiger partial charge in [0.05, 0.1) is 10.0 Å². The van der Waals surface area contributed by atoms with Crippen LogP contribution < -0.4 is 0 Å². The van der Waals surface area contributed by atoms with Gasteiger partial charge in [-0.3, -0.25) is 5.10 Å². The van der Waals surface area contributed by atoms with Crippen LogP contribution in [0.1, 0.15) is 35.0 Å². The number of halogens is 1. The normalized spacial score (nSPS) is 15.3. The van der Waals surface area contributed by atoms with Crippen molar-refractivity contribution in [3.05, 3.63) is 51.5 Å². The maximum absolute atomic E-state index is 11.9. The van der Waals surface area contributed by atoms with E-state index in [0.29, 0.717) is 19.0 Å². The van der Waals surface area contributed by atoms with Crippen molar-refractivity contribution >= 4 is 29.0 Å². The highest BCUT2D eigenvalue weighted by Crippen LogP contribution is 2.28. The molecule has 1 amide bonds. The molecule has 0 saturated carbocycles.